The van der Waals surface area contributed by atoms with E-state index < -0.39 is 6.10 Å². The summed E-state index contributed by atoms with van der Waals surface area (Å²) >= 11 is 0. The molecular weight excluding hydrogens is 324 g/mol. The molecule has 2 aliphatic rings. The normalized spacial score (nSPS) is 24.2. The number of nitrogens with zero attached hydrogens (tertiary/aromatic N) is 1. The molecule has 0 bridgehead atoms. The lowest BCUT2D eigenvalue weighted by atomic mass is 9.72. The van der Waals surface area contributed by atoms with Gasteiger partial charge in [-0.2, -0.15) is 0 Å². The van der Waals surface area contributed by atoms with Crippen LogP contribution in [0.15, 0.2) is 60.7 Å². The Morgan fingerprint density at radius 2 is 1.73 bits per heavy atom. The van der Waals surface area contributed by atoms with Gasteiger partial charge in [-0.15, -0.1) is 0 Å². The molecule has 4 nitrogen and oxygen atoms in total. The van der Waals surface area contributed by atoms with Crippen LogP contribution in [0.4, 0.5) is 0 Å². The topological polar surface area (TPSA) is 66.6 Å². The van der Waals surface area contributed by atoms with E-state index in [1.807, 2.05) is 59.5 Å². The van der Waals surface area contributed by atoms with Crippen molar-refractivity contribution in [1.82, 2.24) is 4.90 Å². The Morgan fingerprint density at radius 1 is 1.08 bits per heavy atom. The zero-order valence-electron chi connectivity index (χ0n) is 14.7. The first-order valence-corrected chi connectivity index (χ1v) is 9.17. The van der Waals surface area contributed by atoms with Crippen molar-refractivity contribution in [3.05, 3.63) is 77.4 Å². The van der Waals surface area contributed by atoms with Crippen molar-refractivity contribution in [3.63, 3.8) is 0 Å². The van der Waals surface area contributed by atoms with E-state index in [0.717, 1.165) is 29.5 Å². The SMILES string of the molecule is N[C@@H]1c2ccccc2C2(CCN(C(=O)/C=C/c3ccccc3)CC2)[C@H]1O. The van der Waals surface area contributed by atoms with E-state index in [9.17, 15) is 9.90 Å². The maximum Gasteiger partial charge on any atom is 0.246 e. The van der Waals surface area contributed by atoms with Crippen molar-refractivity contribution in [2.24, 2.45) is 5.73 Å². The quantitative estimate of drug-likeness (QED) is 0.820. The second kappa shape index (κ2) is 6.71. The summed E-state index contributed by atoms with van der Waals surface area (Å²) in [5, 5.41) is 10.8. The Kier molecular flexibility index (Phi) is 4.39. The smallest absolute Gasteiger partial charge is 0.246 e. The summed E-state index contributed by atoms with van der Waals surface area (Å²) in [6.07, 6.45) is 4.38. The third-order valence-corrected chi connectivity index (χ3v) is 5.95. The van der Waals surface area contributed by atoms with Crippen LogP contribution in [0.1, 0.15) is 35.6 Å². The van der Waals surface area contributed by atoms with Gasteiger partial charge in [0.05, 0.1) is 12.1 Å². The predicted octanol–water partition coefficient (Wildman–Crippen LogP) is 2.63. The highest BCUT2D eigenvalue weighted by Gasteiger charge is 2.51. The van der Waals surface area contributed by atoms with E-state index in [1.165, 1.54) is 0 Å². The van der Waals surface area contributed by atoms with Crippen LogP contribution >= 0.6 is 0 Å². The van der Waals surface area contributed by atoms with Crippen molar-refractivity contribution in [2.45, 2.75) is 30.4 Å². The fourth-order valence-corrected chi connectivity index (χ4v) is 4.44. The molecule has 1 aliphatic carbocycles. The van der Waals surface area contributed by atoms with E-state index in [0.29, 0.717) is 13.1 Å². The van der Waals surface area contributed by atoms with Crippen molar-refractivity contribution >= 4 is 12.0 Å². The Balaban J connectivity index is 1.48. The van der Waals surface area contributed by atoms with Crippen molar-refractivity contribution in [2.75, 3.05) is 13.1 Å². The molecule has 1 aliphatic heterocycles. The van der Waals surface area contributed by atoms with Crippen LogP contribution in [0.3, 0.4) is 0 Å². The highest BCUT2D eigenvalue weighted by Crippen LogP contribution is 2.49. The number of amides is 1. The highest BCUT2D eigenvalue weighted by molar-refractivity contribution is 5.91. The zero-order valence-corrected chi connectivity index (χ0v) is 14.7. The van der Waals surface area contributed by atoms with E-state index in [-0.39, 0.29) is 17.4 Å². The van der Waals surface area contributed by atoms with Gasteiger partial charge in [0.2, 0.25) is 5.91 Å². The molecular formula is C22H24N2O2. The molecule has 0 aromatic heterocycles. The van der Waals surface area contributed by atoms with Crippen LogP contribution in [0, 0.1) is 0 Å². The molecule has 1 fully saturated rings. The van der Waals surface area contributed by atoms with E-state index in [4.69, 9.17) is 5.73 Å². The summed E-state index contributed by atoms with van der Waals surface area (Å²) in [5.74, 6) is 0.0220. The van der Waals surface area contributed by atoms with Gasteiger partial charge in [-0.05, 0) is 35.6 Å². The molecule has 134 valence electrons. The average molecular weight is 348 g/mol. The standard InChI is InChI=1S/C22H24N2O2/c23-20-17-8-4-5-9-18(17)22(21(20)26)12-14-24(15-13-22)19(25)11-10-16-6-2-1-3-7-16/h1-11,20-21,26H,12-15,23H2/b11-10+/t20-,21+/m1/s1. The molecule has 0 saturated carbocycles. The second-order valence-corrected chi connectivity index (χ2v) is 7.28. The number of hydrogen-bond acceptors (Lipinski definition) is 3. The lowest BCUT2D eigenvalue weighted by molar-refractivity contribution is -0.128. The van der Waals surface area contributed by atoms with E-state index in [2.05, 4.69) is 6.07 Å². The lowest BCUT2D eigenvalue weighted by Gasteiger charge is -2.42. The minimum absolute atomic E-state index is 0.0220. The van der Waals surface area contributed by atoms with Gasteiger partial charge in [-0.25, -0.2) is 0 Å². The summed E-state index contributed by atoms with van der Waals surface area (Å²) in [5.41, 5.74) is 9.16. The molecule has 2 aromatic carbocycles. The molecule has 1 heterocycles. The number of likely N-dealkylation sites (tertiary alicyclic amines) is 1. The summed E-state index contributed by atoms with van der Waals surface area (Å²) in [4.78, 5) is 14.4. The second-order valence-electron chi connectivity index (χ2n) is 7.28. The molecule has 1 amide bonds. The van der Waals surface area contributed by atoms with E-state index in [1.54, 1.807) is 6.08 Å². The molecule has 4 rings (SSSR count). The number of piperidine rings is 1. The van der Waals surface area contributed by atoms with Crippen molar-refractivity contribution < 1.29 is 9.90 Å². The number of carbonyl (C=O) groups is 1. The molecule has 26 heavy (non-hydrogen) atoms. The number of aliphatic hydroxyl groups excluding tert-OH is 1. The minimum Gasteiger partial charge on any atom is -0.390 e. The lowest BCUT2D eigenvalue weighted by Crippen LogP contribution is -2.49. The Morgan fingerprint density at radius 3 is 2.46 bits per heavy atom. The molecule has 1 saturated heterocycles. The first-order valence-electron chi connectivity index (χ1n) is 9.17. The van der Waals surface area contributed by atoms with Crippen LogP contribution in [0.5, 0.6) is 0 Å². The molecule has 3 N–H and O–H groups in total. The Bertz CT molecular complexity index is 823. The Labute approximate surface area is 153 Å². The van der Waals surface area contributed by atoms with Gasteiger partial charge in [-0.1, -0.05) is 54.6 Å². The molecule has 1 spiro atoms. The number of aliphatic hydroxyl groups is 1. The average Bonchev–Trinajstić information content (AvgIpc) is 2.90. The monoisotopic (exact) mass is 348 g/mol. The van der Waals surface area contributed by atoms with Crippen LogP contribution in [0.2, 0.25) is 0 Å². The van der Waals surface area contributed by atoms with Crippen LogP contribution in [0.25, 0.3) is 6.08 Å². The van der Waals surface area contributed by atoms with Gasteiger partial charge >= 0.3 is 0 Å². The largest absolute Gasteiger partial charge is 0.390 e. The minimum atomic E-state index is -0.586. The van der Waals surface area contributed by atoms with Gasteiger partial charge in [-0.3, -0.25) is 4.79 Å². The van der Waals surface area contributed by atoms with Gasteiger partial charge in [0, 0.05) is 24.6 Å². The summed E-state index contributed by atoms with van der Waals surface area (Å²) in [7, 11) is 0. The maximum absolute atomic E-state index is 12.5. The summed E-state index contributed by atoms with van der Waals surface area (Å²) in [6.45, 7) is 1.27. The highest BCUT2D eigenvalue weighted by atomic mass is 16.3. The van der Waals surface area contributed by atoms with Gasteiger partial charge in [0.1, 0.15) is 0 Å². The predicted molar refractivity (Wildman–Crippen MR) is 102 cm³/mol. The Hall–Kier alpha value is -2.43. The van der Waals surface area contributed by atoms with Gasteiger partial charge in [0.25, 0.3) is 0 Å². The van der Waals surface area contributed by atoms with Crippen LogP contribution < -0.4 is 5.73 Å². The van der Waals surface area contributed by atoms with E-state index >= 15 is 0 Å². The van der Waals surface area contributed by atoms with Gasteiger partial charge in [0.15, 0.2) is 0 Å². The van der Waals surface area contributed by atoms with Crippen molar-refractivity contribution in [1.29, 1.82) is 0 Å². The number of rotatable bonds is 2. The molecule has 4 heteroatoms. The van der Waals surface area contributed by atoms with Crippen molar-refractivity contribution in [3.8, 4) is 0 Å². The van der Waals surface area contributed by atoms with Crippen LogP contribution in [-0.4, -0.2) is 35.1 Å². The first kappa shape index (κ1) is 17.0. The number of benzene rings is 2. The molecule has 0 radical (unpaired) electrons. The third-order valence-electron chi connectivity index (χ3n) is 5.95. The van der Waals surface area contributed by atoms with Gasteiger partial charge < -0.3 is 15.7 Å². The number of hydrogen-bond donors (Lipinski definition) is 2. The fourth-order valence-electron chi connectivity index (χ4n) is 4.44. The maximum atomic E-state index is 12.5. The number of fused-ring (bicyclic) bond motifs is 2. The number of carbonyl (C=O) groups excluding carboxylic acids is 1. The summed E-state index contributed by atoms with van der Waals surface area (Å²) < 4.78 is 0. The molecule has 2 aromatic rings. The zero-order chi connectivity index (χ0) is 18.1. The molecule has 0 unspecified atom stereocenters. The number of nitrogens with two attached hydrogens (primary N) is 1. The molecule has 2 atom stereocenters. The fraction of sp³-hybridized carbons (Fsp3) is 0.318. The first-order chi connectivity index (χ1) is 12.6. The summed E-state index contributed by atoms with van der Waals surface area (Å²) in [6, 6.07) is 17.5. The third kappa shape index (κ3) is 2.75. The van der Waals surface area contributed by atoms with Crippen LogP contribution in [-0.2, 0) is 10.2 Å².